The molecule has 5 heteroatoms. The van der Waals surface area contributed by atoms with Crippen LogP contribution in [0.5, 0.6) is 0 Å². The van der Waals surface area contributed by atoms with Gasteiger partial charge in [0, 0.05) is 25.2 Å². The van der Waals surface area contributed by atoms with Crippen LogP contribution in [0.25, 0.3) is 0 Å². The van der Waals surface area contributed by atoms with Crippen molar-refractivity contribution in [2.24, 2.45) is 11.7 Å². The van der Waals surface area contributed by atoms with E-state index in [1.54, 1.807) is 0 Å². The summed E-state index contributed by atoms with van der Waals surface area (Å²) >= 11 is 0. The largest absolute Gasteiger partial charge is 0.373 e. The third kappa shape index (κ3) is 3.76. The minimum atomic E-state index is -0.00405. The molecule has 0 spiro atoms. The Morgan fingerprint density at radius 1 is 1.19 bits per heavy atom. The number of fused-ring (bicyclic) bond motifs is 1. The van der Waals surface area contributed by atoms with E-state index in [0.29, 0.717) is 12.6 Å². The molecule has 2 aliphatic heterocycles. The summed E-state index contributed by atoms with van der Waals surface area (Å²) in [7, 11) is 0. The molecule has 1 amide bonds. The maximum absolute atomic E-state index is 12.4. The maximum Gasteiger partial charge on any atom is 0.224 e. The second-order valence-electron chi connectivity index (χ2n) is 6.90. The van der Waals surface area contributed by atoms with Crippen LogP contribution in [0.15, 0.2) is 0 Å². The van der Waals surface area contributed by atoms with Gasteiger partial charge >= 0.3 is 0 Å². The summed E-state index contributed by atoms with van der Waals surface area (Å²) in [5.41, 5.74) is 6.16. The lowest BCUT2D eigenvalue weighted by Crippen LogP contribution is -2.51. The average Bonchev–Trinajstić information content (AvgIpc) is 2.85. The quantitative estimate of drug-likeness (QED) is 0.758. The molecule has 2 heterocycles. The summed E-state index contributed by atoms with van der Waals surface area (Å²) in [6.45, 7) is 3.60. The van der Waals surface area contributed by atoms with Gasteiger partial charge in [-0.25, -0.2) is 0 Å². The smallest absolute Gasteiger partial charge is 0.224 e. The zero-order chi connectivity index (χ0) is 14.7. The van der Waals surface area contributed by atoms with Gasteiger partial charge < -0.3 is 15.8 Å². The zero-order valence-corrected chi connectivity index (χ0v) is 12.9. The molecule has 4 unspecified atom stereocenters. The Balaban J connectivity index is 1.44. The fourth-order valence-corrected chi connectivity index (χ4v) is 4.02. The normalized spacial score (nSPS) is 37.8. The Bertz CT molecular complexity index is 363. The molecule has 1 saturated carbocycles. The first-order valence-electron chi connectivity index (χ1n) is 8.63. The molecule has 1 aliphatic carbocycles. The first-order valence-corrected chi connectivity index (χ1v) is 8.63. The highest BCUT2D eigenvalue weighted by Crippen LogP contribution is 2.24. The number of nitrogens with two attached hydrogens (primary N) is 1. The summed E-state index contributed by atoms with van der Waals surface area (Å²) < 4.78 is 5.89. The first-order chi connectivity index (χ1) is 10.2. The van der Waals surface area contributed by atoms with Gasteiger partial charge in [0.25, 0.3) is 0 Å². The number of hydrogen-bond acceptors (Lipinski definition) is 4. The monoisotopic (exact) mass is 295 g/mol. The molecule has 3 fully saturated rings. The van der Waals surface area contributed by atoms with Gasteiger partial charge in [-0.15, -0.1) is 0 Å². The SMILES string of the molecule is NC1CCCCCC1C(=O)NCC1CN2CCCC2CO1. The predicted molar refractivity (Wildman–Crippen MR) is 81.9 cm³/mol. The predicted octanol–water partition coefficient (Wildman–Crippen LogP) is 0.873. The standard InChI is InChI=1S/C16H29N3O2/c17-15-7-3-1-2-6-14(15)16(20)18-9-13-10-19-8-4-5-12(19)11-21-13/h12-15H,1-11,17H2,(H,18,20). The van der Waals surface area contributed by atoms with E-state index in [-0.39, 0.29) is 24.0 Å². The Kier molecular flexibility index (Phi) is 5.14. The van der Waals surface area contributed by atoms with Crippen LogP contribution in [-0.4, -0.2) is 55.2 Å². The first kappa shape index (κ1) is 15.3. The van der Waals surface area contributed by atoms with Crippen LogP contribution in [0.1, 0.15) is 44.9 Å². The number of ether oxygens (including phenoxy) is 1. The molecule has 0 aromatic rings. The van der Waals surface area contributed by atoms with Crippen LogP contribution in [0.3, 0.4) is 0 Å². The average molecular weight is 295 g/mol. The Morgan fingerprint density at radius 3 is 2.95 bits per heavy atom. The van der Waals surface area contributed by atoms with Gasteiger partial charge in [-0.1, -0.05) is 19.3 Å². The molecular formula is C16H29N3O2. The minimum Gasteiger partial charge on any atom is -0.373 e. The Labute approximate surface area is 127 Å². The number of nitrogens with one attached hydrogen (secondary N) is 1. The summed E-state index contributed by atoms with van der Waals surface area (Å²) in [5.74, 6) is 0.132. The van der Waals surface area contributed by atoms with Crippen LogP contribution in [0.2, 0.25) is 0 Å². The summed E-state index contributed by atoms with van der Waals surface area (Å²) in [6.07, 6.45) is 8.10. The Hall–Kier alpha value is -0.650. The van der Waals surface area contributed by atoms with E-state index in [9.17, 15) is 4.79 Å². The van der Waals surface area contributed by atoms with E-state index in [4.69, 9.17) is 10.5 Å². The Morgan fingerprint density at radius 2 is 2.05 bits per heavy atom. The van der Waals surface area contributed by atoms with Gasteiger partial charge in [0.2, 0.25) is 5.91 Å². The third-order valence-electron chi connectivity index (χ3n) is 5.37. The van der Waals surface area contributed by atoms with Crippen molar-refractivity contribution >= 4 is 5.91 Å². The van der Waals surface area contributed by atoms with Crippen LogP contribution in [-0.2, 0) is 9.53 Å². The molecule has 2 saturated heterocycles. The van der Waals surface area contributed by atoms with E-state index < -0.39 is 0 Å². The van der Waals surface area contributed by atoms with Crippen LogP contribution in [0.4, 0.5) is 0 Å². The molecule has 21 heavy (non-hydrogen) atoms. The lowest BCUT2D eigenvalue weighted by Gasteiger charge is -2.35. The molecule has 0 aromatic carbocycles. The van der Waals surface area contributed by atoms with Crippen LogP contribution in [0, 0.1) is 5.92 Å². The third-order valence-corrected chi connectivity index (χ3v) is 5.37. The lowest BCUT2D eigenvalue weighted by molar-refractivity contribution is -0.127. The van der Waals surface area contributed by atoms with Crippen molar-refractivity contribution in [3.63, 3.8) is 0 Å². The van der Waals surface area contributed by atoms with Crippen molar-refractivity contribution in [1.82, 2.24) is 10.2 Å². The fraction of sp³-hybridized carbons (Fsp3) is 0.938. The van der Waals surface area contributed by atoms with E-state index in [1.807, 2.05) is 0 Å². The van der Waals surface area contributed by atoms with Crippen molar-refractivity contribution in [3.8, 4) is 0 Å². The minimum absolute atomic E-state index is 0.00405. The second-order valence-corrected chi connectivity index (χ2v) is 6.90. The number of amides is 1. The highest BCUT2D eigenvalue weighted by Gasteiger charge is 2.33. The topological polar surface area (TPSA) is 67.6 Å². The maximum atomic E-state index is 12.4. The van der Waals surface area contributed by atoms with Crippen molar-refractivity contribution in [2.75, 3.05) is 26.2 Å². The van der Waals surface area contributed by atoms with Crippen molar-refractivity contribution in [2.45, 2.75) is 63.1 Å². The highest BCUT2D eigenvalue weighted by molar-refractivity contribution is 5.79. The molecule has 0 bridgehead atoms. The summed E-state index contributed by atoms with van der Waals surface area (Å²) in [4.78, 5) is 14.9. The van der Waals surface area contributed by atoms with Gasteiger partial charge in [0.05, 0.1) is 18.6 Å². The second kappa shape index (κ2) is 7.07. The zero-order valence-electron chi connectivity index (χ0n) is 12.9. The highest BCUT2D eigenvalue weighted by atomic mass is 16.5. The molecular weight excluding hydrogens is 266 g/mol. The van der Waals surface area contributed by atoms with Crippen LogP contribution < -0.4 is 11.1 Å². The summed E-state index contributed by atoms with van der Waals surface area (Å²) in [5, 5.41) is 3.09. The molecule has 5 nitrogen and oxygen atoms in total. The van der Waals surface area contributed by atoms with Crippen molar-refractivity contribution < 1.29 is 9.53 Å². The van der Waals surface area contributed by atoms with Gasteiger partial charge in [0.1, 0.15) is 0 Å². The number of carbonyl (C=O) groups is 1. The van der Waals surface area contributed by atoms with Crippen LogP contribution >= 0.6 is 0 Å². The lowest BCUT2D eigenvalue weighted by atomic mass is 9.94. The molecule has 4 atom stereocenters. The van der Waals surface area contributed by atoms with Crippen molar-refractivity contribution in [3.05, 3.63) is 0 Å². The molecule has 120 valence electrons. The molecule has 3 N–H and O–H groups in total. The number of carbonyl (C=O) groups excluding carboxylic acids is 1. The van der Waals surface area contributed by atoms with E-state index in [1.165, 1.54) is 25.8 Å². The number of nitrogens with zero attached hydrogens (tertiary/aromatic N) is 1. The number of hydrogen-bond donors (Lipinski definition) is 2. The van der Waals surface area contributed by atoms with E-state index >= 15 is 0 Å². The van der Waals surface area contributed by atoms with Gasteiger partial charge in [-0.3, -0.25) is 9.69 Å². The van der Waals surface area contributed by atoms with Gasteiger partial charge in [0.15, 0.2) is 0 Å². The molecule has 3 rings (SSSR count). The molecule has 0 aromatic heterocycles. The fourth-order valence-electron chi connectivity index (χ4n) is 4.02. The summed E-state index contributed by atoms with van der Waals surface area (Å²) in [6, 6.07) is 0.648. The van der Waals surface area contributed by atoms with Crippen molar-refractivity contribution in [1.29, 1.82) is 0 Å². The molecule has 3 aliphatic rings. The van der Waals surface area contributed by atoms with E-state index in [0.717, 1.165) is 38.8 Å². The van der Waals surface area contributed by atoms with Gasteiger partial charge in [-0.2, -0.15) is 0 Å². The number of morpholine rings is 1. The van der Waals surface area contributed by atoms with Gasteiger partial charge in [-0.05, 0) is 32.2 Å². The van der Waals surface area contributed by atoms with E-state index in [2.05, 4.69) is 10.2 Å². The molecule has 0 radical (unpaired) electrons. The number of rotatable bonds is 3.